The van der Waals surface area contributed by atoms with Crippen LogP contribution in [-0.2, 0) is 9.53 Å². The molecule has 0 aliphatic heterocycles. The molecule has 0 heterocycles. The molecule has 1 aromatic rings. The molecule has 22 heavy (non-hydrogen) atoms. The summed E-state index contributed by atoms with van der Waals surface area (Å²) in [5.41, 5.74) is 3.56. The van der Waals surface area contributed by atoms with Crippen LogP contribution < -0.4 is 5.73 Å². The molecular formula is C14H15FN3O4. The average Bonchev–Trinajstić information content (AvgIpc) is 2.44. The van der Waals surface area contributed by atoms with Crippen LogP contribution in [0.25, 0.3) is 0 Å². The zero-order valence-electron chi connectivity index (χ0n) is 12.1. The number of halogens is 1. The molecule has 7 nitrogen and oxygen atoms in total. The number of ether oxygens (including phenoxy) is 1. The third-order valence-corrected chi connectivity index (χ3v) is 2.87. The van der Waals surface area contributed by atoms with Gasteiger partial charge >= 0.3 is 0 Å². The molecule has 0 spiro atoms. The van der Waals surface area contributed by atoms with Crippen molar-refractivity contribution in [2.45, 2.75) is 25.9 Å². The van der Waals surface area contributed by atoms with Crippen LogP contribution in [0.15, 0.2) is 18.2 Å². The van der Waals surface area contributed by atoms with Crippen LogP contribution in [0.5, 0.6) is 0 Å². The van der Waals surface area contributed by atoms with E-state index in [9.17, 15) is 19.3 Å². The molecule has 0 bridgehead atoms. The summed E-state index contributed by atoms with van der Waals surface area (Å²) >= 11 is 0. The quantitative estimate of drug-likeness (QED) is 0.609. The van der Waals surface area contributed by atoms with E-state index in [1.54, 1.807) is 0 Å². The van der Waals surface area contributed by atoms with E-state index < -0.39 is 22.2 Å². The Hall–Kier alpha value is -2.53. The number of nitriles is 1. The molecule has 0 saturated carbocycles. The van der Waals surface area contributed by atoms with E-state index in [4.69, 9.17) is 15.7 Å². The lowest BCUT2D eigenvalue weighted by Gasteiger charge is -2.19. The first-order valence-electron chi connectivity index (χ1n) is 6.33. The van der Waals surface area contributed by atoms with Gasteiger partial charge < -0.3 is 10.5 Å². The van der Waals surface area contributed by atoms with Crippen molar-refractivity contribution in [1.82, 2.24) is 0 Å². The molecule has 0 unspecified atom stereocenters. The number of hydrogen-bond donors (Lipinski definition) is 1. The maximum absolute atomic E-state index is 13.8. The minimum atomic E-state index is -1.07. The molecule has 0 fully saturated rings. The molecule has 0 aromatic heterocycles. The Morgan fingerprint density at radius 2 is 2.18 bits per heavy atom. The summed E-state index contributed by atoms with van der Waals surface area (Å²) in [6.45, 7) is 3.01. The van der Waals surface area contributed by atoms with E-state index in [2.05, 4.69) is 0 Å². The van der Waals surface area contributed by atoms with Crippen LogP contribution in [0.3, 0.4) is 0 Å². The first-order valence-corrected chi connectivity index (χ1v) is 6.33. The predicted molar refractivity (Wildman–Crippen MR) is 74.9 cm³/mol. The summed E-state index contributed by atoms with van der Waals surface area (Å²) in [4.78, 5) is 21.5. The van der Waals surface area contributed by atoms with Gasteiger partial charge in [-0.25, -0.2) is 4.39 Å². The Morgan fingerprint density at radius 3 is 2.68 bits per heavy atom. The summed E-state index contributed by atoms with van der Waals surface area (Å²) in [7, 11) is 0. The number of nitrogens with zero attached hydrogens (tertiary/aromatic N) is 2. The Morgan fingerprint density at radius 1 is 1.55 bits per heavy atom. The number of benzene rings is 1. The molecule has 0 atom stereocenters. The van der Waals surface area contributed by atoms with Crippen molar-refractivity contribution in [1.29, 1.82) is 5.26 Å². The lowest BCUT2D eigenvalue weighted by molar-refractivity contribution is -0.385. The number of nitro groups is 1. The number of primary amides is 1. The van der Waals surface area contributed by atoms with Crippen LogP contribution in [0.2, 0.25) is 0 Å². The maximum atomic E-state index is 13.8. The third kappa shape index (κ3) is 4.49. The molecule has 1 amide bonds. The summed E-state index contributed by atoms with van der Waals surface area (Å²) in [6.07, 6.45) is -0.0709. The number of hydrogen-bond acceptors (Lipinski definition) is 5. The minimum absolute atomic E-state index is 0.0546. The fraction of sp³-hybridized carbons (Fsp3) is 0.357. The number of non-ortho nitro benzene ring substituents is 1. The van der Waals surface area contributed by atoms with Gasteiger partial charge in [-0.1, -0.05) is 0 Å². The summed E-state index contributed by atoms with van der Waals surface area (Å²) in [6, 6.07) is 4.75. The molecule has 0 aliphatic rings. The average molecular weight is 308 g/mol. The number of nitro benzene ring substituents is 1. The summed E-state index contributed by atoms with van der Waals surface area (Å²) < 4.78 is 19.1. The molecule has 1 rings (SSSR count). The summed E-state index contributed by atoms with van der Waals surface area (Å²) in [5, 5.41) is 19.6. The zero-order chi connectivity index (χ0) is 16.9. The number of nitrogens with two attached hydrogens (primary N) is 1. The predicted octanol–water partition coefficient (Wildman–Crippen LogP) is 1.85. The van der Waals surface area contributed by atoms with Gasteiger partial charge in [-0.05, 0) is 26.3 Å². The van der Waals surface area contributed by atoms with Gasteiger partial charge in [-0.3, -0.25) is 14.9 Å². The van der Waals surface area contributed by atoms with Crippen molar-refractivity contribution < 1.29 is 18.8 Å². The Kier molecular flexibility index (Phi) is 5.54. The molecule has 117 valence electrons. The first-order chi connectivity index (χ1) is 10.2. The topological polar surface area (TPSA) is 119 Å². The van der Waals surface area contributed by atoms with Crippen molar-refractivity contribution in [2.75, 3.05) is 6.61 Å². The Labute approximate surface area is 126 Å². The van der Waals surface area contributed by atoms with Gasteiger partial charge in [0, 0.05) is 17.7 Å². The largest absolute Gasteiger partial charge is 0.369 e. The van der Waals surface area contributed by atoms with Gasteiger partial charge in [0.1, 0.15) is 11.4 Å². The van der Waals surface area contributed by atoms with Crippen molar-refractivity contribution in [3.05, 3.63) is 45.6 Å². The number of rotatable bonds is 7. The monoisotopic (exact) mass is 308 g/mol. The molecule has 1 radical (unpaired) electrons. The molecule has 0 saturated heterocycles. The first kappa shape index (κ1) is 17.5. The van der Waals surface area contributed by atoms with Crippen LogP contribution in [0.1, 0.15) is 25.8 Å². The van der Waals surface area contributed by atoms with E-state index in [0.29, 0.717) is 0 Å². The van der Waals surface area contributed by atoms with Crippen LogP contribution >= 0.6 is 0 Å². The minimum Gasteiger partial charge on any atom is -0.369 e. The highest BCUT2D eigenvalue weighted by Crippen LogP contribution is 2.26. The second-order valence-corrected chi connectivity index (χ2v) is 4.98. The lowest BCUT2D eigenvalue weighted by atomic mass is 9.94. The van der Waals surface area contributed by atoms with Gasteiger partial charge in [0.05, 0.1) is 23.5 Å². The number of amides is 1. The van der Waals surface area contributed by atoms with Crippen LogP contribution in [-0.4, -0.2) is 23.0 Å². The maximum Gasteiger partial charge on any atom is 0.269 e. The van der Waals surface area contributed by atoms with E-state index in [1.165, 1.54) is 13.8 Å². The van der Waals surface area contributed by atoms with E-state index in [-0.39, 0.29) is 30.2 Å². The number of carbonyl (C=O) groups is 1. The van der Waals surface area contributed by atoms with E-state index in [1.807, 2.05) is 6.07 Å². The highest BCUT2D eigenvalue weighted by atomic mass is 19.1. The van der Waals surface area contributed by atoms with E-state index >= 15 is 0 Å². The standard InChI is InChI=1S/C14H15FN3O4/c1-14(2,8-16)22-6-5-10(13(17)19)11-7-9(18(20)21)3-4-12(11)15/h3-4,7H,5-6H2,1-2H3,(H2,17,19). The Balaban J connectivity index is 2.97. The molecule has 2 N–H and O–H groups in total. The van der Waals surface area contributed by atoms with Crippen LogP contribution in [0.4, 0.5) is 10.1 Å². The van der Waals surface area contributed by atoms with Gasteiger partial charge in [0.15, 0.2) is 0 Å². The molecule has 0 aliphatic carbocycles. The summed E-state index contributed by atoms with van der Waals surface area (Å²) in [5.74, 6) is -1.83. The number of carbonyl (C=O) groups excluding carboxylic acids is 1. The van der Waals surface area contributed by atoms with Crippen molar-refractivity contribution >= 4 is 11.6 Å². The Bertz CT molecular complexity index is 625. The van der Waals surface area contributed by atoms with E-state index in [0.717, 1.165) is 18.2 Å². The fourth-order valence-electron chi connectivity index (χ4n) is 1.69. The van der Waals surface area contributed by atoms with Crippen LogP contribution in [0, 0.1) is 33.2 Å². The normalized spacial score (nSPS) is 11.2. The SMILES string of the molecule is CC(C)(C#N)OCC[C](C(N)=O)c1cc([N+](=O)[O-])ccc1F. The van der Waals surface area contributed by atoms with Gasteiger partial charge in [-0.15, -0.1) is 0 Å². The van der Waals surface area contributed by atoms with Gasteiger partial charge in [-0.2, -0.15) is 5.26 Å². The second kappa shape index (κ2) is 6.95. The van der Waals surface area contributed by atoms with Crippen molar-refractivity contribution in [3.8, 4) is 6.07 Å². The highest BCUT2D eigenvalue weighted by Gasteiger charge is 2.26. The molecule has 8 heteroatoms. The molecular weight excluding hydrogens is 293 g/mol. The highest BCUT2D eigenvalue weighted by molar-refractivity contribution is 5.93. The fourth-order valence-corrected chi connectivity index (χ4v) is 1.69. The van der Waals surface area contributed by atoms with Gasteiger partial charge in [0.25, 0.3) is 5.69 Å². The van der Waals surface area contributed by atoms with Gasteiger partial charge in [0.2, 0.25) is 5.91 Å². The third-order valence-electron chi connectivity index (χ3n) is 2.87. The molecule has 1 aromatic carbocycles. The second-order valence-electron chi connectivity index (χ2n) is 4.98. The zero-order valence-corrected chi connectivity index (χ0v) is 12.1. The van der Waals surface area contributed by atoms with Crippen molar-refractivity contribution in [3.63, 3.8) is 0 Å². The lowest BCUT2D eigenvalue weighted by Crippen LogP contribution is -2.27. The van der Waals surface area contributed by atoms with Crippen molar-refractivity contribution in [2.24, 2.45) is 5.73 Å². The smallest absolute Gasteiger partial charge is 0.269 e.